The Balaban J connectivity index is 3.10. The van der Waals surface area contributed by atoms with E-state index in [1.54, 1.807) is 0 Å². The van der Waals surface area contributed by atoms with Crippen LogP contribution in [-0.2, 0) is 6.42 Å². The Morgan fingerprint density at radius 3 is 2.69 bits per heavy atom. The van der Waals surface area contributed by atoms with Crippen molar-refractivity contribution in [1.82, 2.24) is 0 Å². The normalized spacial score (nSPS) is 12.5. The zero-order chi connectivity index (χ0) is 9.84. The van der Waals surface area contributed by atoms with E-state index >= 15 is 0 Å². The summed E-state index contributed by atoms with van der Waals surface area (Å²) in [7, 11) is 0. The fraction of sp³-hybridized carbons (Fsp3) is 0.385. The number of aryl methyl sites for hydroxylation is 2. The van der Waals surface area contributed by atoms with E-state index in [-0.39, 0.29) is 0 Å². The third kappa shape index (κ3) is 2.21. The highest BCUT2D eigenvalue weighted by atomic mass is 14.1. The van der Waals surface area contributed by atoms with Crippen molar-refractivity contribution in [2.45, 2.75) is 33.1 Å². The molecule has 0 saturated carbocycles. The van der Waals surface area contributed by atoms with Gasteiger partial charge in [0, 0.05) is 0 Å². The summed E-state index contributed by atoms with van der Waals surface area (Å²) in [6.07, 6.45) is 3.11. The smallest absolute Gasteiger partial charge is 0.00104 e. The lowest BCUT2D eigenvalue weighted by Gasteiger charge is -2.11. The van der Waals surface area contributed by atoms with E-state index < -0.39 is 0 Å². The standard InChI is InChI=1S/C13H18/c1-5-10(3)13-9-12(6-2)8-7-11(13)4/h5,7-10H,1,6H2,2-4H3. The van der Waals surface area contributed by atoms with Gasteiger partial charge in [-0.1, -0.05) is 38.1 Å². The largest absolute Gasteiger partial charge is 0.102 e. The molecule has 0 bridgehead atoms. The number of hydrogen-bond acceptors (Lipinski definition) is 0. The third-order valence-corrected chi connectivity index (χ3v) is 2.60. The van der Waals surface area contributed by atoms with E-state index in [1.807, 2.05) is 6.08 Å². The summed E-state index contributed by atoms with van der Waals surface area (Å²) in [5, 5.41) is 0. The van der Waals surface area contributed by atoms with Crippen molar-refractivity contribution in [1.29, 1.82) is 0 Å². The van der Waals surface area contributed by atoms with E-state index in [0.29, 0.717) is 5.92 Å². The van der Waals surface area contributed by atoms with E-state index in [2.05, 4.69) is 45.5 Å². The highest BCUT2D eigenvalue weighted by Crippen LogP contribution is 2.21. The van der Waals surface area contributed by atoms with Crippen molar-refractivity contribution in [3.05, 3.63) is 47.5 Å². The van der Waals surface area contributed by atoms with Crippen molar-refractivity contribution in [2.24, 2.45) is 0 Å². The van der Waals surface area contributed by atoms with Gasteiger partial charge in [0.15, 0.2) is 0 Å². The maximum Gasteiger partial charge on any atom is -0.00104 e. The highest BCUT2D eigenvalue weighted by molar-refractivity contribution is 5.35. The molecular formula is C13H18. The predicted molar refractivity (Wildman–Crippen MR) is 59.2 cm³/mol. The first kappa shape index (κ1) is 10.0. The summed E-state index contributed by atoms with van der Waals surface area (Å²) >= 11 is 0. The maximum atomic E-state index is 3.83. The molecule has 0 fully saturated rings. The molecule has 0 heterocycles. The van der Waals surface area contributed by atoms with Crippen LogP contribution < -0.4 is 0 Å². The summed E-state index contributed by atoms with van der Waals surface area (Å²) in [6, 6.07) is 6.70. The molecule has 0 nitrogen and oxygen atoms in total. The van der Waals surface area contributed by atoms with Crippen LogP contribution in [0.4, 0.5) is 0 Å². The average Bonchev–Trinajstić information content (AvgIpc) is 2.17. The molecule has 0 spiro atoms. The molecular weight excluding hydrogens is 156 g/mol. The molecule has 1 atom stereocenters. The van der Waals surface area contributed by atoms with Gasteiger partial charge in [-0.2, -0.15) is 0 Å². The first-order chi connectivity index (χ1) is 6.19. The molecule has 1 aromatic rings. The molecule has 0 radical (unpaired) electrons. The molecule has 0 aliphatic rings. The van der Waals surface area contributed by atoms with Crippen LogP contribution in [0.25, 0.3) is 0 Å². The molecule has 13 heavy (non-hydrogen) atoms. The molecule has 0 saturated heterocycles. The Morgan fingerprint density at radius 1 is 1.46 bits per heavy atom. The molecule has 1 unspecified atom stereocenters. The summed E-state index contributed by atoms with van der Waals surface area (Å²) in [4.78, 5) is 0. The van der Waals surface area contributed by atoms with Gasteiger partial charge in [-0.3, -0.25) is 0 Å². The van der Waals surface area contributed by atoms with Gasteiger partial charge in [0.1, 0.15) is 0 Å². The minimum Gasteiger partial charge on any atom is -0.102 e. The maximum absolute atomic E-state index is 3.83. The Kier molecular flexibility index (Phi) is 3.30. The fourth-order valence-electron chi connectivity index (χ4n) is 1.53. The minimum absolute atomic E-state index is 0.464. The Bertz CT molecular complexity index is 297. The van der Waals surface area contributed by atoms with Gasteiger partial charge in [0.2, 0.25) is 0 Å². The van der Waals surface area contributed by atoms with Gasteiger partial charge >= 0.3 is 0 Å². The third-order valence-electron chi connectivity index (χ3n) is 2.60. The molecule has 0 heteroatoms. The number of allylic oxidation sites excluding steroid dienone is 1. The lowest BCUT2D eigenvalue weighted by molar-refractivity contribution is 0.946. The summed E-state index contributed by atoms with van der Waals surface area (Å²) < 4.78 is 0. The van der Waals surface area contributed by atoms with Crippen molar-refractivity contribution >= 4 is 0 Å². The number of rotatable bonds is 3. The second-order valence-corrected chi connectivity index (χ2v) is 3.57. The van der Waals surface area contributed by atoms with Crippen molar-refractivity contribution in [2.75, 3.05) is 0 Å². The van der Waals surface area contributed by atoms with Crippen LogP contribution in [0.3, 0.4) is 0 Å². The van der Waals surface area contributed by atoms with E-state index in [1.165, 1.54) is 16.7 Å². The minimum atomic E-state index is 0.464. The number of benzene rings is 1. The average molecular weight is 174 g/mol. The molecule has 70 valence electrons. The van der Waals surface area contributed by atoms with E-state index in [0.717, 1.165) is 6.42 Å². The first-order valence-electron chi connectivity index (χ1n) is 4.91. The predicted octanol–water partition coefficient (Wildman–Crippen LogP) is 3.85. The molecule has 1 rings (SSSR count). The molecule has 0 aliphatic heterocycles. The topological polar surface area (TPSA) is 0 Å². The lowest BCUT2D eigenvalue weighted by atomic mass is 9.94. The van der Waals surface area contributed by atoms with Crippen LogP contribution in [0.1, 0.15) is 36.5 Å². The van der Waals surface area contributed by atoms with Gasteiger partial charge in [0.05, 0.1) is 0 Å². The summed E-state index contributed by atoms with van der Waals surface area (Å²) in [6.45, 7) is 10.4. The second kappa shape index (κ2) is 4.27. The van der Waals surface area contributed by atoms with Crippen LogP contribution in [0.15, 0.2) is 30.9 Å². The van der Waals surface area contributed by atoms with Gasteiger partial charge in [-0.25, -0.2) is 0 Å². The SMILES string of the molecule is C=CC(C)c1cc(CC)ccc1C. The van der Waals surface area contributed by atoms with Crippen LogP contribution in [0.5, 0.6) is 0 Å². The van der Waals surface area contributed by atoms with Gasteiger partial charge < -0.3 is 0 Å². The summed E-state index contributed by atoms with van der Waals surface area (Å²) in [5.74, 6) is 0.464. The van der Waals surface area contributed by atoms with Crippen molar-refractivity contribution in [3.63, 3.8) is 0 Å². The van der Waals surface area contributed by atoms with Gasteiger partial charge in [-0.05, 0) is 36.0 Å². The highest BCUT2D eigenvalue weighted by Gasteiger charge is 2.04. The van der Waals surface area contributed by atoms with Crippen LogP contribution >= 0.6 is 0 Å². The summed E-state index contributed by atoms with van der Waals surface area (Å²) in [5.41, 5.74) is 4.19. The molecule has 0 aromatic heterocycles. The molecule has 1 aromatic carbocycles. The number of hydrogen-bond donors (Lipinski definition) is 0. The van der Waals surface area contributed by atoms with Crippen LogP contribution in [0.2, 0.25) is 0 Å². The van der Waals surface area contributed by atoms with Gasteiger partial charge in [-0.15, -0.1) is 6.58 Å². The second-order valence-electron chi connectivity index (χ2n) is 3.57. The fourth-order valence-corrected chi connectivity index (χ4v) is 1.53. The Morgan fingerprint density at radius 2 is 2.15 bits per heavy atom. The van der Waals surface area contributed by atoms with E-state index in [4.69, 9.17) is 0 Å². The monoisotopic (exact) mass is 174 g/mol. The Hall–Kier alpha value is -1.04. The first-order valence-corrected chi connectivity index (χ1v) is 4.91. The van der Waals surface area contributed by atoms with Crippen LogP contribution in [-0.4, -0.2) is 0 Å². The van der Waals surface area contributed by atoms with Crippen molar-refractivity contribution in [3.8, 4) is 0 Å². The lowest BCUT2D eigenvalue weighted by Crippen LogP contribution is -1.94. The van der Waals surface area contributed by atoms with Crippen molar-refractivity contribution < 1.29 is 0 Å². The molecule has 0 N–H and O–H groups in total. The van der Waals surface area contributed by atoms with Gasteiger partial charge in [0.25, 0.3) is 0 Å². The molecule has 0 amide bonds. The van der Waals surface area contributed by atoms with E-state index in [9.17, 15) is 0 Å². The quantitative estimate of drug-likeness (QED) is 0.611. The molecule has 0 aliphatic carbocycles. The zero-order valence-corrected chi connectivity index (χ0v) is 8.80. The zero-order valence-electron chi connectivity index (χ0n) is 8.80. The van der Waals surface area contributed by atoms with Crippen LogP contribution in [0, 0.1) is 6.92 Å². The Labute approximate surface area is 81.3 Å².